The second kappa shape index (κ2) is 7.59. The van der Waals surface area contributed by atoms with Gasteiger partial charge in [0.15, 0.2) is 0 Å². The number of carbonyl (C=O) groups excluding carboxylic acids is 2. The van der Waals surface area contributed by atoms with E-state index in [1.165, 1.54) is 18.7 Å². The number of Topliss-reactive ketones (excluding diaryl/α,β-unsaturated/α-hetero) is 1. The zero-order valence-electron chi connectivity index (χ0n) is 15.5. The Morgan fingerprint density at radius 2 is 1.86 bits per heavy atom. The molecule has 0 aliphatic carbocycles. The third kappa shape index (κ3) is 3.25. The molecule has 29 heavy (non-hydrogen) atoms. The summed E-state index contributed by atoms with van der Waals surface area (Å²) in [6.07, 6.45) is 4.36. The molecule has 146 valence electrons. The second-order valence-electron chi connectivity index (χ2n) is 6.19. The highest BCUT2D eigenvalue weighted by atomic mass is 16.5. The predicted octanol–water partition coefficient (Wildman–Crippen LogP) is 3.09. The molecule has 3 aromatic rings. The van der Waals surface area contributed by atoms with Crippen molar-refractivity contribution in [3.05, 3.63) is 78.0 Å². The standard InChI is InChI=1S/C21H17N3O5/c1-2-28-14-8-6-13(7-9-14)18(25)16-17(15-5-3-12-29-15)24(20(27)19(16)26)21-22-10-4-11-23-21/h3-12,17,25H,2H2,1H3/b18-16-. The first-order valence-electron chi connectivity index (χ1n) is 8.96. The number of aromatic nitrogens is 2. The number of benzene rings is 1. The largest absolute Gasteiger partial charge is 0.507 e. The molecule has 0 spiro atoms. The first-order valence-corrected chi connectivity index (χ1v) is 8.96. The van der Waals surface area contributed by atoms with E-state index in [4.69, 9.17) is 9.15 Å². The Morgan fingerprint density at radius 3 is 2.48 bits per heavy atom. The van der Waals surface area contributed by atoms with E-state index in [1.807, 2.05) is 6.92 Å². The number of nitrogens with zero attached hydrogens (tertiary/aromatic N) is 3. The molecule has 8 heteroatoms. The molecule has 1 saturated heterocycles. The number of hydrogen-bond acceptors (Lipinski definition) is 7. The van der Waals surface area contributed by atoms with Gasteiger partial charge in [0.25, 0.3) is 5.78 Å². The molecule has 8 nitrogen and oxygen atoms in total. The number of rotatable bonds is 5. The molecule has 1 amide bonds. The number of hydrogen-bond donors (Lipinski definition) is 1. The van der Waals surface area contributed by atoms with Crippen LogP contribution in [0.15, 0.2) is 71.1 Å². The fraction of sp³-hybridized carbons (Fsp3) is 0.143. The van der Waals surface area contributed by atoms with Crippen LogP contribution in [0.1, 0.15) is 24.3 Å². The summed E-state index contributed by atoms with van der Waals surface area (Å²) in [5.41, 5.74) is 0.276. The van der Waals surface area contributed by atoms with Gasteiger partial charge >= 0.3 is 5.91 Å². The summed E-state index contributed by atoms with van der Waals surface area (Å²) in [4.78, 5) is 34.9. The van der Waals surface area contributed by atoms with Crippen LogP contribution in [-0.4, -0.2) is 33.4 Å². The summed E-state index contributed by atoms with van der Waals surface area (Å²) in [6.45, 7) is 2.37. The fourth-order valence-corrected chi connectivity index (χ4v) is 3.20. The van der Waals surface area contributed by atoms with Crippen molar-refractivity contribution in [2.45, 2.75) is 13.0 Å². The monoisotopic (exact) mass is 391 g/mol. The maximum Gasteiger partial charge on any atom is 0.302 e. The van der Waals surface area contributed by atoms with Gasteiger partial charge in [0.2, 0.25) is 5.95 Å². The molecule has 1 unspecified atom stereocenters. The van der Waals surface area contributed by atoms with Crippen LogP contribution in [-0.2, 0) is 9.59 Å². The molecule has 1 aliphatic rings. The first-order chi connectivity index (χ1) is 14.1. The lowest BCUT2D eigenvalue weighted by molar-refractivity contribution is -0.132. The number of ketones is 1. The third-order valence-corrected chi connectivity index (χ3v) is 4.46. The predicted molar refractivity (Wildman–Crippen MR) is 103 cm³/mol. The molecule has 3 heterocycles. The van der Waals surface area contributed by atoms with E-state index in [9.17, 15) is 14.7 Å². The summed E-state index contributed by atoms with van der Waals surface area (Å²) in [5.74, 6) is -1.02. The fourth-order valence-electron chi connectivity index (χ4n) is 3.20. The van der Waals surface area contributed by atoms with Gasteiger partial charge in [0.05, 0.1) is 18.4 Å². The van der Waals surface area contributed by atoms with Crippen molar-refractivity contribution in [2.75, 3.05) is 11.5 Å². The van der Waals surface area contributed by atoms with Crippen LogP contribution in [0.2, 0.25) is 0 Å². The third-order valence-electron chi connectivity index (χ3n) is 4.46. The number of aliphatic hydroxyl groups excluding tert-OH is 1. The van der Waals surface area contributed by atoms with Crippen LogP contribution in [0.25, 0.3) is 5.76 Å². The molecule has 2 aromatic heterocycles. The lowest BCUT2D eigenvalue weighted by Gasteiger charge is -2.21. The first kappa shape index (κ1) is 18.4. The topological polar surface area (TPSA) is 106 Å². The van der Waals surface area contributed by atoms with Crippen LogP contribution < -0.4 is 9.64 Å². The van der Waals surface area contributed by atoms with Crippen molar-refractivity contribution in [1.82, 2.24) is 9.97 Å². The average molecular weight is 391 g/mol. The van der Waals surface area contributed by atoms with Gasteiger partial charge in [-0.2, -0.15) is 0 Å². The number of ether oxygens (including phenoxy) is 1. The summed E-state index contributed by atoms with van der Waals surface area (Å²) in [7, 11) is 0. The molecule has 4 rings (SSSR count). The normalized spacial score (nSPS) is 18.2. The Hall–Kier alpha value is -3.94. The van der Waals surface area contributed by atoms with Crippen molar-refractivity contribution in [2.24, 2.45) is 0 Å². The number of furan rings is 1. The van der Waals surface area contributed by atoms with Gasteiger partial charge in [-0.25, -0.2) is 9.97 Å². The van der Waals surface area contributed by atoms with Crippen molar-refractivity contribution >= 4 is 23.4 Å². The Morgan fingerprint density at radius 1 is 1.14 bits per heavy atom. The Balaban J connectivity index is 1.85. The molecule has 1 aliphatic heterocycles. The lowest BCUT2D eigenvalue weighted by Crippen LogP contribution is -2.30. The average Bonchev–Trinajstić information content (AvgIpc) is 3.36. The lowest BCUT2D eigenvalue weighted by atomic mass is 9.99. The Kier molecular flexibility index (Phi) is 4.82. The van der Waals surface area contributed by atoms with E-state index in [2.05, 4.69) is 9.97 Å². The number of anilines is 1. The molecule has 0 bridgehead atoms. The minimum atomic E-state index is -0.987. The van der Waals surface area contributed by atoms with E-state index in [0.29, 0.717) is 23.7 Å². The van der Waals surface area contributed by atoms with E-state index in [0.717, 1.165) is 4.90 Å². The van der Waals surface area contributed by atoms with Gasteiger partial charge in [-0.05, 0) is 49.4 Å². The summed E-state index contributed by atoms with van der Waals surface area (Å²) < 4.78 is 10.9. The minimum Gasteiger partial charge on any atom is -0.507 e. The maximum atomic E-state index is 12.8. The molecule has 0 radical (unpaired) electrons. The maximum absolute atomic E-state index is 12.8. The minimum absolute atomic E-state index is 0.0433. The molecule has 1 aromatic carbocycles. The molecular formula is C21H17N3O5. The summed E-state index contributed by atoms with van der Waals surface area (Å²) in [6, 6.07) is 10.5. The molecule has 1 N–H and O–H groups in total. The van der Waals surface area contributed by atoms with Gasteiger partial charge in [-0.3, -0.25) is 14.5 Å². The van der Waals surface area contributed by atoms with Crippen molar-refractivity contribution in [1.29, 1.82) is 0 Å². The van der Waals surface area contributed by atoms with Crippen molar-refractivity contribution < 1.29 is 23.8 Å². The highest BCUT2D eigenvalue weighted by Gasteiger charge is 2.49. The molecule has 1 atom stereocenters. The van der Waals surface area contributed by atoms with Gasteiger partial charge in [0, 0.05) is 18.0 Å². The van der Waals surface area contributed by atoms with Crippen LogP contribution in [0.5, 0.6) is 5.75 Å². The van der Waals surface area contributed by atoms with Crippen LogP contribution in [0.3, 0.4) is 0 Å². The van der Waals surface area contributed by atoms with E-state index >= 15 is 0 Å². The molecule has 0 saturated carbocycles. The van der Waals surface area contributed by atoms with Crippen LogP contribution in [0.4, 0.5) is 5.95 Å². The zero-order valence-corrected chi connectivity index (χ0v) is 15.5. The smallest absolute Gasteiger partial charge is 0.302 e. The summed E-state index contributed by atoms with van der Waals surface area (Å²) in [5, 5.41) is 10.9. The van der Waals surface area contributed by atoms with E-state index in [-0.39, 0.29) is 17.3 Å². The zero-order chi connectivity index (χ0) is 20.4. The van der Waals surface area contributed by atoms with E-state index in [1.54, 1.807) is 42.5 Å². The molecular weight excluding hydrogens is 374 g/mol. The highest BCUT2D eigenvalue weighted by Crippen LogP contribution is 2.41. The number of amides is 1. The molecule has 1 fully saturated rings. The summed E-state index contributed by atoms with van der Waals surface area (Å²) >= 11 is 0. The quantitative estimate of drug-likeness (QED) is 0.405. The Labute approximate surface area is 166 Å². The highest BCUT2D eigenvalue weighted by molar-refractivity contribution is 6.51. The van der Waals surface area contributed by atoms with Crippen molar-refractivity contribution in [3.8, 4) is 5.75 Å². The SMILES string of the molecule is CCOc1ccc(/C(O)=C2/C(=O)C(=O)N(c3ncccn3)C2c2ccco2)cc1. The van der Waals surface area contributed by atoms with E-state index < -0.39 is 17.7 Å². The van der Waals surface area contributed by atoms with Crippen LogP contribution >= 0.6 is 0 Å². The number of carbonyl (C=O) groups is 2. The van der Waals surface area contributed by atoms with Gasteiger partial charge in [-0.15, -0.1) is 0 Å². The van der Waals surface area contributed by atoms with Gasteiger partial charge in [0.1, 0.15) is 23.3 Å². The second-order valence-corrected chi connectivity index (χ2v) is 6.19. The van der Waals surface area contributed by atoms with Gasteiger partial charge < -0.3 is 14.3 Å². The van der Waals surface area contributed by atoms with Gasteiger partial charge in [-0.1, -0.05) is 0 Å². The Bertz CT molecular complexity index is 1060. The van der Waals surface area contributed by atoms with Crippen LogP contribution in [0, 0.1) is 0 Å². The number of aliphatic hydroxyl groups is 1. The van der Waals surface area contributed by atoms with Crippen molar-refractivity contribution in [3.63, 3.8) is 0 Å².